The van der Waals surface area contributed by atoms with Crippen LogP contribution in [0, 0.1) is 12.3 Å². The number of thioether (sulfide) groups is 1. The molecule has 0 aromatic carbocycles. The summed E-state index contributed by atoms with van der Waals surface area (Å²) >= 11 is 1.76. The number of ether oxygens (including phenoxy) is 1. The Balaban J connectivity index is 3.36. The predicted molar refractivity (Wildman–Crippen MR) is 56.6 cm³/mol. The van der Waals surface area contributed by atoms with Crippen LogP contribution >= 0.6 is 11.8 Å². The Labute approximate surface area is 84.4 Å². The minimum atomic E-state index is -0.142. The molecule has 0 aliphatic carbocycles. The zero-order chi connectivity index (χ0) is 10.1. The van der Waals surface area contributed by atoms with Gasteiger partial charge in [0.05, 0.1) is 13.5 Å². The van der Waals surface area contributed by atoms with E-state index in [-0.39, 0.29) is 5.97 Å². The van der Waals surface area contributed by atoms with Crippen LogP contribution in [0.4, 0.5) is 0 Å². The van der Waals surface area contributed by atoms with Crippen molar-refractivity contribution in [2.45, 2.75) is 31.4 Å². The van der Waals surface area contributed by atoms with Crippen LogP contribution in [0.15, 0.2) is 0 Å². The molecule has 0 aliphatic rings. The smallest absolute Gasteiger partial charge is 0.306 e. The summed E-state index contributed by atoms with van der Waals surface area (Å²) in [6.07, 6.45) is 7.44. The van der Waals surface area contributed by atoms with Crippen molar-refractivity contribution < 1.29 is 9.53 Å². The molecule has 1 atom stereocenters. The number of methoxy groups -OCH3 is 1. The molecule has 0 spiro atoms. The molecular formula is C10H16O2S. The van der Waals surface area contributed by atoms with Crippen LogP contribution in [0.3, 0.4) is 0 Å². The van der Waals surface area contributed by atoms with E-state index in [0.717, 1.165) is 18.6 Å². The molecule has 2 nitrogen and oxygen atoms in total. The van der Waals surface area contributed by atoms with Gasteiger partial charge < -0.3 is 4.74 Å². The first-order valence-corrected chi connectivity index (χ1v) is 5.37. The summed E-state index contributed by atoms with van der Waals surface area (Å²) in [5, 5.41) is 0.324. The number of terminal acetylenes is 1. The monoisotopic (exact) mass is 200 g/mol. The van der Waals surface area contributed by atoms with Crippen LogP contribution in [-0.2, 0) is 9.53 Å². The highest BCUT2D eigenvalue weighted by atomic mass is 32.2. The molecule has 0 aromatic rings. The van der Waals surface area contributed by atoms with E-state index in [4.69, 9.17) is 6.42 Å². The second-order valence-electron chi connectivity index (χ2n) is 2.77. The minimum absolute atomic E-state index is 0.142. The summed E-state index contributed by atoms with van der Waals surface area (Å²) in [6.45, 7) is 2.03. The van der Waals surface area contributed by atoms with Crippen molar-refractivity contribution >= 4 is 17.7 Å². The quantitative estimate of drug-likeness (QED) is 0.373. The van der Waals surface area contributed by atoms with Crippen LogP contribution in [0.25, 0.3) is 0 Å². The molecule has 0 radical (unpaired) electrons. The Morgan fingerprint density at radius 2 is 2.38 bits per heavy atom. The van der Waals surface area contributed by atoms with Crippen LogP contribution in [0.1, 0.15) is 26.2 Å². The van der Waals surface area contributed by atoms with Gasteiger partial charge in [-0.15, -0.1) is 12.3 Å². The molecule has 3 heteroatoms. The van der Waals surface area contributed by atoms with E-state index >= 15 is 0 Å². The summed E-state index contributed by atoms with van der Waals surface area (Å²) in [5.74, 6) is 3.46. The van der Waals surface area contributed by atoms with E-state index < -0.39 is 0 Å². The second kappa shape index (κ2) is 8.00. The van der Waals surface area contributed by atoms with E-state index in [1.807, 2.05) is 6.92 Å². The number of carbonyl (C=O) groups is 1. The molecule has 0 aromatic heterocycles. The van der Waals surface area contributed by atoms with E-state index in [9.17, 15) is 4.79 Å². The number of rotatable bonds is 6. The maximum absolute atomic E-state index is 10.8. The molecular weight excluding hydrogens is 184 g/mol. The summed E-state index contributed by atoms with van der Waals surface area (Å²) in [4.78, 5) is 10.8. The first kappa shape index (κ1) is 12.4. The van der Waals surface area contributed by atoms with Gasteiger partial charge in [0, 0.05) is 11.7 Å². The molecule has 0 amide bonds. The Morgan fingerprint density at radius 3 is 2.92 bits per heavy atom. The number of unbranched alkanes of at least 4 members (excludes halogenated alkanes) is 1. The molecule has 0 heterocycles. The third-order valence-corrected chi connectivity index (χ3v) is 2.81. The molecule has 13 heavy (non-hydrogen) atoms. The molecule has 0 rings (SSSR count). The Morgan fingerprint density at radius 1 is 1.69 bits per heavy atom. The summed E-state index contributed by atoms with van der Waals surface area (Å²) < 4.78 is 4.56. The zero-order valence-corrected chi connectivity index (χ0v) is 9.02. The van der Waals surface area contributed by atoms with Gasteiger partial charge in [-0.3, -0.25) is 4.79 Å². The molecule has 0 saturated heterocycles. The number of esters is 1. The van der Waals surface area contributed by atoms with Gasteiger partial charge in [0.1, 0.15) is 0 Å². The Kier molecular flexibility index (Phi) is 7.62. The summed E-state index contributed by atoms with van der Waals surface area (Å²) in [5.41, 5.74) is 0. The molecule has 0 saturated carbocycles. The highest BCUT2D eigenvalue weighted by Gasteiger charge is 2.08. The molecule has 1 unspecified atom stereocenters. The van der Waals surface area contributed by atoms with Gasteiger partial charge in [-0.1, -0.05) is 6.92 Å². The van der Waals surface area contributed by atoms with Gasteiger partial charge in [0.25, 0.3) is 0 Å². The average Bonchev–Trinajstić information content (AvgIpc) is 2.12. The lowest BCUT2D eigenvalue weighted by molar-refractivity contribution is -0.140. The van der Waals surface area contributed by atoms with Gasteiger partial charge in [-0.05, 0) is 12.2 Å². The molecule has 0 N–H and O–H groups in total. The fourth-order valence-corrected chi connectivity index (χ4v) is 1.80. The SMILES string of the molecule is C#CCCCSC(C)CC(=O)OC. The lowest BCUT2D eigenvalue weighted by Gasteiger charge is -2.08. The van der Waals surface area contributed by atoms with Gasteiger partial charge in [0.2, 0.25) is 0 Å². The fraction of sp³-hybridized carbons (Fsp3) is 0.700. The van der Waals surface area contributed by atoms with E-state index in [1.165, 1.54) is 7.11 Å². The van der Waals surface area contributed by atoms with E-state index in [0.29, 0.717) is 11.7 Å². The van der Waals surface area contributed by atoms with Gasteiger partial charge in [0.15, 0.2) is 0 Å². The van der Waals surface area contributed by atoms with Crippen molar-refractivity contribution in [3.05, 3.63) is 0 Å². The first-order valence-electron chi connectivity index (χ1n) is 4.32. The number of carbonyl (C=O) groups excluding carboxylic acids is 1. The van der Waals surface area contributed by atoms with Gasteiger partial charge >= 0.3 is 5.97 Å². The van der Waals surface area contributed by atoms with Crippen LogP contribution < -0.4 is 0 Å². The highest BCUT2D eigenvalue weighted by Crippen LogP contribution is 2.15. The lowest BCUT2D eigenvalue weighted by atomic mass is 10.3. The largest absolute Gasteiger partial charge is 0.469 e. The zero-order valence-electron chi connectivity index (χ0n) is 8.21. The van der Waals surface area contributed by atoms with E-state index in [1.54, 1.807) is 11.8 Å². The molecule has 0 bridgehead atoms. The van der Waals surface area contributed by atoms with Crippen molar-refractivity contribution in [2.24, 2.45) is 0 Å². The normalized spacial score (nSPS) is 11.8. The molecule has 0 aliphatic heterocycles. The standard InChI is InChI=1S/C10H16O2S/c1-4-5-6-7-13-9(2)8-10(11)12-3/h1,9H,5-8H2,2-3H3. The van der Waals surface area contributed by atoms with Crippen molar-refractivity contribution in [3.8, 4) is 12.3 Å². The highest BCUT2D eigenvalue weighted by molar-refractivity contribution is 7.99. The topological polar surface area (TPSA) is 26.3 Å². The second-order valence-corrected chi connectivity index (χ2v) is 4.32. The van der Waals surface area contributed by atoms with Crippen LogP contribution in [0.5, 0.6) is 0 Å². The maximum atomic E-state index is 10.8. The third kappa shape index (κ3) is 7.73. The number of hydrogen-bond donors (Lipinski definition) is 0. The third-order valence-electron chi connectivity index (χ3n) is 1.55. The van der Waals surface area contributed by atoms with Crippen LogP contribution in [0.2, 0.25) is 0 Å². The van der Waals surface area contributed by atoms with Crippen molar-refractivity contribution in [3.63, 3.8) is 0 Å². The Hall–Kier alpha value is -0.620. The first-order chi connectivity index (χ1) is 6.20. The van der Waals surface area contributed by atoms with Crippen molar-refractivity contribution in [1.82, 2.24) is 0 Å². The predicted octanol–water partition coefficient (Wildman–Crippen LogP) is 2.08. The number of hydrogen-bond acceptors (Lipinski definition) is 3. The van der Waals surface area contributed by atoms with Crippen molar-refractivity contribution in [1.29, 1.82) is 0 Å². The molecule has 74 valence electrons. The summed E-state index contributed by atoms with van der Waals surface area (Å²) in [7, 11) is 1.41. The summed E-state index contributed by atoms with van der Waals surface area (Å²) in [6, 6.07) is 0. The Bertz CT molecular complexity index is 184. The minimum Gasteiger partial charge on any atom is -0.469 e. The maximum Gasteiger partial charge on any atom is 0.306 e. The van der Waals surface area contributed by atoms with Gasteiger partial charge in [-0.2, -0.15) is 11.8 Å². The van der Waals surface area contributed by atoms with Gasteiger partial charge in [-0.25, -0.2) is 0 Å². The fourth-order valence-electron chi connectivity index (χ4n) is 0.836. The van der Waals surface area contributed by atoms with Crippen LogP contribution in [-0.4, -0.2) is 24.1 Å². The van der Waals surface area contributed by atoms with Crippen molar-refractivity contribution in [2.75, 3.05) is 12.9 Å². The van der Waals surface area contributed by atoms with E-state index in [2.05, 4.69) is 10.7 Å². The molecule has 0 fully saturated rings. The average molecular weight is 200 g/mol. The lowest BCUT2D eigenvalue weighted by Crippen LogP contribution is -2.08.